The normalized spacial score (nSPS) is 11.0. The second-order valence-corrected chi connectivity index (χ2v) is 7.17. The average molecular weight is 496 g/mol. The summed E-state index contributed by atoms with van der Waals surface area (Å²) in [4.78, 5) is 83.0. The Morgan fingerprint density at radius 3 is 1.69 bits per heavy atom. The van der Waals surface area contributed by atoms with Crippen LogP contribution in [-0.4, -0.2) is 64.4 Å². The van der Waals surface area contributed by atoms with E-state index in [2.05, 4.69) is 9.97 Å². The summed E-state index contributed by atoms with van der Waals surface area (Å²) in [6, 6.07) is -3.97. The van der Waals surface area contributed by atoms with Gasteiger partial charge in [-0.2, -0.15) is 4.68 Å². The lowest BCUT2D eigenvalue weighted by Gasteiger charge is -2.24. The summed E-state index contributed by atoms with van der Waals surface area (Å²) in [6.45, 7) is 0. The van der Waals surface area contributed by atoms with Crippen LogP contribution in [0.1, 0.15) is 21.0 Å². The molecule has 0 aliphatic heterocycles. The standard InChI is InChI=1S/C18H16N12O6/c19-13(31)11-12(14(20)32)29(17(23)35)10-8(28(11)16(22)34)6-3-25-4-26-7(6)5-1-2-27(15(21)33)30(9(5)10)18(24)36/h1-4H,(H2,19,31)(H2,20,32)(H2,21,33)(H2,22,34)(H2,23,35)(H2,24,36). The van der Waals surface area contributed by atoms with Crippen molar-refractivity contribution in [3.63, 3.8) is 0 Å². The zero-order valence-electron chi connectivity index (χ0n) is 17.9. The molecule has 0 aliphatic rings. The molecule has 3 heterocycles. The van der Waals surface area contributed by atoms with Crippen molar-refractivity contribution in [1.82, 2.24) is 28.5 Å². The third kappa shape index (κ3) is 3.05. The number of primary amides is 6. The van der Waals surface area contributed by atoms with Crippen LogP contribution in [0, 0.1) is 0 Å². The first-order valence-corrected chi connectivity index (χ1v) is 9.59. The van der Waals surface area contributed by atoms with Gasteiger partial charge >= 0.3 is 24.1 Å². The molecule has 36 heavy (non-hydrogen) atoms. The molecule has 0 unspecified atom stereocenters. The molecule has 0 spiro atoms. The highest BCUT2D eigenvalue weighted by Gasteiger charge is 2.32. The second-order valence-electron chi connectivity index (χ2n) is 7.17. The van der Waals surface area contributed by atoms with Crippen molar-refractivity contribution in [2.24, 2.45) is 34.4 Å². The fourth-order valence-electron chi connectivity index (χ4n) is 4.05. The third-order valence-corrected chi connectivity index (χ3v) is 5.20. The van der Waals surface area contributed by atoms with E-state index in [0.29, 0.717) is 18.5 Å². The van der Waals surface area contributed by atoms with Crippen LogP contribution in [0.3, 0.4) is 0 Å². The number of aromatic nitrogens is 6. The van der Waals surface area contributed by atoms with Crippen molar-refractivity contribution in [3.8, 4) is 0 Å². The number of fused-ring (bicyclic) bond motifs is 6. The van der Waals surface area contributed by atoms with Crippen molar-refractivity contribution in [2.45, 2.75) is 0 Å². The Hall–Kier alpha value is -5.94. The molecule has 0 aliphatic carbocycles. The highest BCUT2D eigenvalue weighted by Crippen LogP contribution is 2.35. The van der Waals surface area contributed by atoms with Crippen molar-refractivity contribution < 1.29 is 28.8 Å². The maximum atomic E-state index is 12.7. The quantitative estimate of drug-likeness (QED) is 0.171. The van der Waals surface area contributed by atoms with Gasteiger partial charge in [0.1, 0.15) is 28.7 Å². The van der Waals surface area contributed by atoms with E-state index in [-0.39, 0.29) is 16.3 Å². The fourth-order valence-corrected chi connectivity index (χ4v) is 4.05. The molecule has 0 radical (unpaired) electrons. The largest absolute Gasteiger partial charge is 0.364 e. The minimum atomic E-state index is -1.43. The zero-order valence-corrected chi connectivity index (χ0v) is 17.9. The molecule has 18 heteroatoms. The number of amides is 6. The monoisotopic (exact) mass is 496 g/mol. The smallest absolute Gasteiger partial charge is 0.338 e. The molecule has 4 aromatic rings. The van der Waals surface area contributed by atoms with Gasteiger partial charge in [-0.05, 0) is 6.07 Å². The SMILES string of the molecule is NC(=O)c1c(C(N)=O)n(C(N)=O)c2c(c3cncnc3c3ccn(C(N)=O)n(C(N)=O)c32)n1C(N)=O. The highest BCUT2D eigenvalue weighted by atomic mass is 16.2. The summed E-state index contributed by atoms with van der Waals surface area (Å²) >= 11 is 0. The van der Waals surface area contributed by atoms with E-state index in [1.807, 2.05) is 0 Å². The molecule has 6 amide bonds. The number of hydrogen-bond donors (Lipinski definition) is 6. The molecule has 0 bridgehead atoms. The molecular weight excluding hydrogens is 480 g/mol. The Kier molecular flexibility index (Phi) is 5.05. The van der Waals surface area contributed by atoms with Gasteiger partial charge in [-0.3, -0.25) is 18.7 Å². The molecule has 0 fully saturated rings. The molecule has 18 nitrogen and oxygen atoms in total. The Bertz CT molecular complexity index is 1750. The van der Waals surface area contributed by atoms with Gasteiger partial charge < -0.3 is 34.4 Å². The van der Waals surface area contributed by atoms with E-state index in [1.54, 1.807) is 0 Å². The number of rotatable bonds is 2. The van der Waals surface area contributed by atoms with Crippen LogP contribution >= 0.6 is 0 Å². The summed E-state index contributed by atoms with van der Waals surface area (Å²) in [6.07, 6.45) is 3.38. The summed E-state index contributed by atoms with van der Waals surface area (Å²) < 4.78 is 2.01. The van der Waals surface area contributed by atoms with Gasteiger partial charge in [0.2, 0.25) is 0 Å². The Morgan fingerprint density at radius 2 is 1.22 bits per heavy atom. The molecule has 4 rings (SSSR count). The zero-order chi connectivity index (χ0) is 26.6. The minimum Gasteiger partial charge on any atom is -0.364 e. The van der Waals surface area contributed by atoms with Gasteiger partial charge in [0.25, 0.3) is 11.8 Å². The molecule has 0 saturated heterocycles. The van der Waals surface area contributed by atoms with E-state index in [9.17, 15) is 28.8 Å². The van der Waals surface area contributed by atoms with E-state index >= 15 is 0 Å². The summed E-state index contributed by atoms with van der Waals surface area (Å²) in [7, 11) is 0. The number of benzene rings is 1. The number of carbonyl (C=O) groups excluding carboxylic acids is 6. The number of nitrogens with zero attached hydrogens (tertiary/aromatic N) is 6. The number of hydrogen-bond acceptors (Lipinski definition) is 8. The second kappa shape index (κ2) is 7.83. The van der Waals surface area contributed by atoms with Gasteiger partial charge in [-0.1, -0.05) is 0 Å². The van der Waals surface area contributed by atoms with Crippen LogP contribution in [-0.2, 0) is 0 Å². The molecular formula is C18H16N12O6. The first-order chi connectivity index (χ1) is 16.9. The van der Waals surface area contributed by atoms with Crippen LogP contribution in [0.4, 0.5) is 19.2 Å². The van der Waals surface area contributed by atoms with Crippen LogP contribution in [0.5, 0.6) is 0 Å². The highest BCUT2D eigenvalue weighted by molar-refractivity contribution is 6.26. The lowest BCUT2D eigenvalue weighted by atomic mass is 10.1. The van der Waals surface area contributed by atoms with Gasteiger partial charge in [-0.15, -0.1) is 0 Å². The lowest BCUT2D eigenvalue weighted by molar-refractivity contribution is 0.0955. The van der Waals surface area contributed by atoms with Crippen molar-refractivity contribution in [2.75, 3.05) is 0 Å². The first-order valence-electron chi connectivity index (χ1n) is 9.59. The Balaban J connectivity index is 2.67. The number of nitrogens with two attached hydrogens (primary N) is 6. The lowest BCUT2D eigenvalue weighted by Crippen LogP contribution is -2.40. The van der Waals surface area contributed by atoms with Gasteiger partial charge in [0.05, 0.1) is 11.0 Å². The van der Waals surface area contributed by atoms with Gasteiger partial charge in [-0.25, -0.2) is 33.8 Å². The van der Waals surface area contributed by atoms with E-state index in [0.717, 1.165) is 12.5 Å². The maximum Gasteiger partial charge on any atom is 0.338 e. The number of carbonyl (C=O) groups is 6. The topological polar surface area (TPSA) is 304 Å². The fraction of sp³-hybridized carbons (Fsp3) is 0. The van der Waals surface area contributed by atoms with E-state index < -0.39 is 63.9 Å². The van der Waals surface area contributed by atoms with E-state index in [1.165, 1.54) is 12.3 Å². The molecule has 3 aromatic heterocycles. The van der Waals surface area contributed by atoms with Gasteiger partial charge in [0.15, 0.2) is 0 Å². The summed E-state index contributed by atoms with van der Waals surface area (Å²) in [5, 5.41) is 0.0321. The first kappa shape index (κ1) is 23.2. The summed E-state index contributed by atoms with van der Waals surface area (Å²) in [5.41, 5.74) is 29.7. The van der Waals surface area contributed by atoms with Crippen molar-refractivity contribution in [1.29, 1.82) is 0 Å². The van der Waals surface area contributed by atoms with Crippen LogP contribution < -0.4 is 34.4 Å². The molecule has 184 valence electrons. The van der Waals surface area contributed by atoms with Crippen molar-refractivity contribution in [3.05, 3.63) is 36.2 Å². The third-order valence-electron chi connectivity index (χ3n) is 5.20. The van der Waals surface area contributed by atoms with Crippen molar-refractivity contribution >= 4 is 68.8 Å². The maximum absolute atomic E-state index is 12.7. The molecule has 0 saturated carbocycles. The predicted octanol–water partition coefficient (Wildman–Crippen LogP) is -1.83. The average Bonchev–Trinajstić information content (AvgIpc) is 2.80. The molecule has 12 N–H and O–H groups in total. The summed E-state index contributed by atoms with van der Waals surface area (Å²) in [5.74, 6) is -2.82. The molecule has 0 atom stereocenters. The Labute approximate surface area is 197 Å². The van der Waals surface area contributed by atoms with Crippen LogP contribution in [0.2, 0.25) is 0 Å². The minimum absolute atomic E-state index is 0.0137. The predicted molar refractivity (Wildman–Crippen MR) is 121 cm³/mol. The van der Waals surface area contributed by atoms with Gasteiger partial charge in [0, 0.05) is 23.2 Å². The molecule has 1 aromatic carbocycles. The Morgan fingerprint density at radius 1 is 0.667 bits per heavy atom. The van der Waals surface area contributed by atoms with Crippen LogP contribution in [0.15, 0.2) is 24.8 Å². The van der Waals surface area contributed by atoms with E-state index in [4.69, 9.17) is 34.4 Å². The van der Waals surface area contributed by atoms with Crippen LogP contribution in [0.25, 0.3) is 32.8 Å².